The first-order chi connectivity index (χ1) is 8.33. The van der Waals surface area contributed by atoms with Gasteiger partial charge in [-0.05, 0) is 44.4 Å². The molecule has 1 aliphatic carbocycles. The van der Waals surface area contributed by atoms with Crippen molar-refractivity contribution in [2.24, 2.45) is 11.8 Å². The molecular formula is C15H28O2. The molecule has 2 atom stereocenters. The standard InChI is InChI=1S/C15H28O2/c1-3-5-12-6-8-13(9-7-12)15-16-11-10-14(4-2)17-15/h12-15H,3-11H2,1-2H3/t12-,13-,14?,15?. The van der Waals surface area contributed by atoms with Gasteiger partial charge in [0.25, 0.3) is 0 Å². The van der Waals surface area contributed by atoms with Gasteiger partial charge in [-0.1, -0.05) is 26.7 Å². The van der Waals surface area contributed by atoms with Crippen molar-refractivity contribution >= 4 is 0 Å². The minimum absolute atomic E-state index is 0.108. The van der Waals surface area contributed by atoms with Crippen LogP contribution in [0.3, 0.4) is 0 Å². The Hall–Kier alpha value is -0.0800. The van der Waals surface area contributed by atoms with Crippen LogP contribution >= 0.6 is 0 Å². The lowest BCUT2D eigenvalue weighted by molar-refractivity contribution is -0.240. The van der Waals surface area contributed by atoms with Gasteiger partial charge < -0.3 is 9.47 Å². The zero-order chi connectivity index (χ0) is 12.1. The van der Waals surface area contributed by atoms with Crippen molar-refractivity contribution in [2.75, 3.05) is 6.61 Å². The molecule has 2 heteroatoms. The third kappa shape index (κ3) is 3.69. The van der Waals surface area contributed by atoms with Gasteiger partial charge in [0.2, 0.25) is 0 Å². The monoisotopic (exact) mass is 240 g/mol. The van der Waals surface area contributed by atoms with Crippen LogP contribution in [0, 0.1) is 11.8 Å². The Balaban J connectivity index is 1.76. The maximum Gasteiger partial charge on any atom is 0.160 e. The fraction of sp³-hybridized carbons (Fsp3) is 1.00. The summed E-state index contributed by atoms with van der Waals surface area (Å²) < 4.78 is 11.9. The van der Waals surface area contributed by atoms with E-state index in [1.807, 2.05) is 0 Å². The molecule has 1 heterocycles. The number of hydrogen-bond donors (Lipinski definition) is 0. The van der Waals surface area contributed by atoms with E-state index in [-0.39, 0.29) is 6.29 Å². The summed E-state index contributed by atoms with van der Waals surface area (Å²) in [5, 5.41) is 0. The lowest BCUT2D eigenvalue weighted by Gasteiger charge is -2.38. The third-order valence-electron chi connectivity index (χ3n) is 4.48. The van der Waals surface area contributed by atoms with Crippen LogP contribution in [0.15, 0.2) is 0 Å². The molecule has 0 amide bonds. The van der Waals surface area contributed by atoms with Crippen LogP contribution in [-0.4, -0.2) is 19.0 Å². The van der Waals surface area contributed by atoms with E-state index in [4.69, 9.17) is 9.47 Å². The Morgan fingerprint density at radius 1 is 1.00 bits per heavy atom. The van der Waals surface area contributed by atoms with Crippen LogP contribution < -0.4 is 0 Å². The summed E-state index contributed by atoms with van der Waals surface area (Å²) in [6.45, 7) is 5.41. The third-order valence-corrected chi connectivity index (χ3v) is 4.48. The second kappa shape index (κ2) is 6.75. The second-order valence-corrected chi connectivity index (χ2v) is 5.76. The Kier molecular flexibility index (Phi) is 5.30. The summed E-state index contributed by atoms with van der Waals surface area (Å²) in [5.41, 5.74) is 0. The average molecular weight is 240 g/mol. The first kappa shape index (κ1) is 13.4. The Morgan fingerprint density at radius 2 is 1.76 bits per heavy atom. The Bertz CT molecular complexity index is 209. The van der Waals surface area contributed by atoms with Crippen molar-refractivity contribution in [3.05, 3.63) is 0 Å². The van der Waals surface area contributed by atoms with Crippen LogP contribution in [0.1, 0.15) is 65.2 Å². The van der Waals surface area contributed by atoms with Crippen LogP contribution in [0.4, 0.5) is 0 Å². The summed E-state index contributed by atoms with van der Waals surface area (Å²) in [7, 11) is 0. The van der Waals surface area contributed by atoms with Crippen molar-refractivity contribution in [2.45, 2.75) is 77.6 Å². The molecule has 100 valence electrons. The van der Waals surface area contributed by atoms with E-state index >= 15 is 0 Å². The Morgan fingerprint density at radius 3 is 2.41 bits per heavy atom. The van der Waals surface area contributed by atoms with Gasteiger partial charge in [0.15, 0.2) is 6.29 Å². The molecule has 0 aromatic carbocycles. The van der Waals surface area contributed by atoms with E-state index in [0.717, 1.165) is 25.4 Å². The highest BCUT2D eigenvalue weighted by atomic mass is 16.7. The second-order valence-electron chi connectivity index (χ2n) is 5.76. The molecule has 2 unspecified atom stereocenters. The molecule has 1 saturated carbocycles. The summed E-state index contributed by atoms with van der Waals surface area (Å²) in [5.74, 6) is 1.64. The van der Waals surface area contributed by atoms with E-state index in [1.165, 1.54) is 38.5 Å². The van der Waals surface area contributed by atoms with Gasteiger partial charge in [0.05, 0.1) is 12.7 Å². The summed E-state index contributed by atoms with van der Waals surface area (Å²) in [4.78, 5) is 0. The maximum atomic E-state index is 6.05. The minimum atomic E-state index is 0.108. The number of ether oxygens (including phenoxy) is 2. The van der Waals surface area contributed by atoms with E-state index < -0.39 is 0 Å². The summed E-state index contributed by atoms with van der Waals surface area (Å²) in [6, 6.07) is 0. The van der Waals surface area contributed by atoms with Gasteiger partial charge in [0, 0.05) is 5.92 Å². The molecule has 0 aromatic rings. The fourth-order valence-corrected chi connectivity index (χ4v) is 3.32. The highest BCUT2D eigenvalue weighted by molar-refractivity contribution is 4.77. The molecule has 2 rings (SSSR count). The average Bonchev–Trinajstić information content (AvgIpc) is 2.40. The topological polar surface area (TPSA) is 18.5 Å². The van der Waals surface area contributed by atoms with Gasteiger partial charge >= 0.3 is 0 Å². The maximum absolute atomic E-state index is 6.05. The normalized spacial score (nSPS) is 39.2. The van der Waals surface area contributed by atoms with Gasteiger partial charge in [-0.15, -0.1) is 0 Å². The predicted molar refractivity (Wildman–Crippen MR) is 69.9 cm³/mol. The smallest absolute Gasteiger partial charge is 0.160 e. The van der Waals surface area contributed by atoms with Crippen LogP contribution in [0.5, 0.6) is 0 Å². The molecule has 17 heavy (non-hydrogen) atoms. The van der Waals surface area contributed by atoms with Crippen molar-refractivity contribution < 1.29 is 9.47 Å². The lowest BCUT2D eigenvalue weighted by Crippen LogP contribution is -2.38. The zero-order valence-electron chi connectivity index (χ0n) is 11.5. The van der Waals surface area contributed by atoms with Crippen molar-refractivity contribution in [1.82, 2.24) is 0 Å². The van der Waals surface area contributed by atoms with Crippen molar-refractivity contribution in [1.29, 1.82) is 0 Å². The molecule has 2 nitrogen and oxygen atoms in total. The SMILES string of the molecule is CCC[C@H]1CC[C@H](C2OCCC(CC)O2)CC1. The van der Waals surface area contributed by atoms with Crippen LogP contribution in [-0.2, 0) is 9.47 Å². The largest absolute Gasteiger partial charge is 0.352 e. The van der Waals surface area contributed by atoms with Gasteiger partial charge in [0.1, 0.15) is 0 Å². The zero-order valence-corrected chi connectivity index (χ0v) is 11.5. The highest BCUT2D eigenvalue weighted by Crippen LogP contribution is 2.36. The van der Waals surface area contributed by atoms with Gasteiger partial charge in [-0.2, -0.15) is 0 Å². The van der Waals surface area contributed by atoms with Gasteiger partial charge in [-0.3, -0.25) is 0 Å². The number of rotatable bonds is 4. The lowest BCUT2D eigenvalue weighted by atomic mass is 9.79. The highest BCUT2D eigenvalue weighted by Gasteiger charge is 2.32. The molecule has 0 bridgehead atoms. The molecule has 2 fully saturated rings. The fourth-order valence-electron chi connectivity index (χ4n) is 3.32. The van der Waals surface area contributed by atoms with Gasteiger partial charge in [-0.25, -0.2) is 0 Å². The molecule has 1 saturated heterocycles. The molecule has 0 aromatic heterocycles. The molecule has 1 aliphatic heterocycles. The molecular weight excluding hydrogens is 212 g/mol. The van der Waals surface area contributed by atoms with E-state index in [1.54, 1.807) is 0 Å². The van der Waals surface area contributed by atoms with E-state index in [9.17, 15) is 0 Å². The summed E-state index contributed by atoms with van der Waals surface area (Å²) >= 11 is 0. The van der Waals surface area contributed by atoms with Crippen LogP contribution in [0.25, 0.3) is 0 Å². The van der Waals surface area contributed by atoms with Crippen molar-refractivity contribution in [3.63, 3.8) is 0 Å². The number of hydrogen-bond acceptors (Lipinski definition) is 2. The molecule has 0 spiro atoms. The first-order valence-electron chi connectivity index (χ1n) is 7.60. The van der Waals surface area contributed by atoms with Crippen molar-refractivity contribution in [3.8, 4) is 0 Å². The Labute approximate surface area is 106 Å². The predicted octanol–water partition coefficient (Wildman–Crippen LogP) is 4.13. The van der Waals surface area contributed by atoms with Crippen LogP contribution in [0.2, 0.25) is 0 Å². The van der Waals surface area contributed by atoms with E-state index in [2.05, 4.69) is 13.8 Å². The molecule has 0 radical (unpaired) electrons. The quantitative estimate of drug-likeness (QED) is 0.735. The summed E-state index contributed by atoms with van der Waals surface area (Å²) in [6.07, 6.45) is 10.9. The molecule has 0 N–H and O–H groups in total. The minimum Gasteiger partial charge on any atom is -0.352 e. The first-order valence-corrected chi connectivity index (χ1v) is 7.60. The molecule has 2 aliphatic rings. The van der Waals surface area contributed by atoms with E-state index in [0.29, 0.717) is 12.0 Å².